The summed E-state index contributed by atoms with van der Waals surface area (Å²) in [6.45, 7) is 3.90. The molecule has 38 heavy (non-hydrogen) atoms. The van der Waals surface area contributed by atoms with Gasteiger partial charge in [-0.1, -0.05) is 32.6 Å². The fourth-order valence-corrected chi connectivity index (χ4v) is 6.82. The second kappa shape index (κ2) is 10.4. The van der Waals surface area contributed by atoms with E-state index >= 15 is 4.39 Å². The topological polar surface area (TPSA) is 82.8 Å². The number of alkyl halides is 3. The van der Waals surface area contributed by atoms with Gasteiger partial charge in [0.15, 0.2) is 0 Å². The van der Waals surface area contributed by atoms with Crippen LogP contribution in [0.25, 0.3) is 11.1 Å². The van der Waals surface area contributed by atoms with Crippen LogP contribution in [0.1, 0.15) is 74.3 Å². The molecule has 3 atom stereocenters. The largest absolute Gasteiger partial charge is 0.404 e. The number of aromatic nitrogens is 1. The minimum absolute atomic E-state index is 0.000118. The van der Waals surface area contributed by atoms with Crippen LogP contribution in [-0.2, 0) is 10.0 Å². The Hall–Kier alpha value is -2.84. The molecule has 4 rings (SSSR count). The molecule has 11 heteroatoms. The summed E-state index contributed by atoms with van der Waals surface area (Å²) in [6, 6.07) is 3.50. The molecule has 0 aliphatic heterocycles. The smallest absolute Gasteiger partial charge is 0.255 e. The zero-order chi connectivity index (χ0) is 28.0. The number of pyridine rings is 1. The van der Waals surface area contributed by atoms with Crippen LogP contribution >= 0.6 is 0 Å². The van der Waals surface area contributed by atoms with Gasteiger partial charge in [0.2, 0.25) is 10.0 Å². The number of sulfonamides is 1. The van der Waals surface area contributed by atoms with Gasteiger partial charge in [-0.3, -0.25) is 4.98 Å². The summed E-state index contributed by atoms with van der Waals surface area (Å²) in [7, 11) is -4.53. The Morgan fingerprint density at radius 2 is 1.84 bits per heavy atom. The molecule has 0 saturated heterocycles. The van der Waals surface area contributed by atoms with Gasteiger partial charge in [0.05, 0.1) is 11.3 Å². The van der Waals surface area contributed by atoms with Crippen LogP contribution in [-0.4, -0.2) is 25.6 Å². The predicted molar refractivity (Wildman–Crippen MR) is 132 cm³/mol. The first kappa shape index (κ1) is 28.2. The quantitative estimate of drug-likeness (QED) is 0.421. The first-order valence-electron chi connectivity index (χ1n) is 12.4. The third-order valence-electron chi connectivity index (χ3n) is 7.90. The van der Waals surface area contributed by atoms with Crippen molar-refractivity contribution in [1.29, 1.82) is 5.26 Å². The minimum Gasteiger partial charge on any atom is -0.255 e. The number of nitrogens with zero attached hydrogens (tertiary/aromatic N) is 2. The molecule has 2 aliphatic rings. The summed E-state index contributed by atoms with van der Waals surface area (Å²) < 4.78 is 95.5. The average Bonchev–Trinajstić information content (AvgIpc) is 3.35. The van der Waals surface area contributed by atoms with Gasteiger partial charge in [0.1, 0.15) is 28.6 Å². The molecule has 0 radical (unpaired) electrons. The van der Waals surface area contributed by atoms with E-state index in [-0.39, 0.29) is 40.1 Å². The van der Waals surface area contributed by atoms with Crippen LogP contribution in [0.4, 0.5) is 22.0 Å². The third kappa shape index (κ3) is 5.21. The molecule has 2 aliphatic carbocycles. The average molecular weight is 554 g/mol. The van der Waals surface area contributed by atoms with E-state index in [0.717, 1.165) is 37.9 Å². The van der Waals surface area contributed by atoms with Crippen LogP contribution in [0.3, 0.4) is 0 Å². The van der Waals surface area contributed by atoms with Gasteiger partial charge < -0.3 is 0 Å². The standard InChI is InChI=1S/C27H28F5N3O2S/c1-14-19(17-6-4-5-7-17)10-21(22(12-33)25-20(14)11-23(28)15(2)26(25)29)24-9-8-18(13-34-24)38(36,37)35-16(3)27(30,31)32/h8-9,11,13-14,16-17,19,35H,4-7,10H2,1-3H3. The van der Waals surface area contributed by atoms with E-state index in [9.17, 15) is 31.2 Å². The van der Waals surface area contributed by atoms with E-state index in [2.05, 4.69) is 11.1 Å². The number of nitrogens with one attached hydrogen (secondary N) is 1. The molecule has 1 aromatic heterocycles. The number of rotatable bonds is 5. The lowest BCUT2D eigenvalue weighted by Crippen LogP contribution is -2.42. The zero-order valence-electron chi connectivity index (χ0n) is 21.2. The lowest BCUT2D eigenvalue weighted by molar-refractivity contribution is -0.147. The van der Waals surface area contributed by atoms with E-state index in [4.69, 9.17) is 0 Å². The monoisotopic (exact) mass is 553 g/mol. The van der Waals surface area contributed by atoms with Crippen LogP contribution in [0.2, 0.25) is 0 Å². The molecular formula is C27H28F5N3O2S. The number of nitriles is 1. The first-order chi connectivity index (χ1) is 17.8. The Bertz CT molecular complexity index is 1410. The fraction of sp³-hybridized carbons (Fsp3) is 0.481. The molecule has 1 aromatic carbocycles. The molecule has 1 fully saturated rings. The number of halogens is 5. The second-order valence-electron chi connectivity index (χ2n) is 10.2. The third-order valence-corrected chi connectivity index (χ3v) is 9.42. The van der Waals surface area contributed by atoms with Gasteiger partial charge in [-0.05, 0) is 67.4 Å². The van der Waals surface area contributed by atoms with E-state index in [1.54, 1.807) is 4.72 Å². The Balaban J connectivity index is 1.84. The highest BCUT2D eigenvalue weighted by Crippen LogP contribution is 2.50. The van der Waals surface area contributed by atoms with Crippen molar-refractivity contribution in [3.05, 3.63) is 58.4 Å². The first-order valence-corrected chi connectivity index (χ1v) is 13.9. The van der Waals surface area contributed by atoms with Crippen molar-refractivity contribution >= 4 is 21.2 Å². The molecule has 1 N–H and O–H groups in total. The van der Waals surface area contributed by atoms with Gasteiger partial charge in [0, 0.05) is 17.3 Å². The molecule has 204 valence electrons. The van der Waals surface area contributed by atoms with Crippen LogP contribution in [0.15, 0.2) is 29.3 Å². The molecule has 0 bridgehead atoms. The van der Waals surface area contributed by atoms with Gasteiger partial charge in [-0.2, -0.15) is 23.2 Å². The Labute approximate surface area is 218 Å². The van der Waals surface area contributed by atoms with Crippen LogP contribution < -0.4 is 4.72 Å². The molecule has 5 nitrogen and oxygen atoms in total. The molecule has 3 unspecified atom stereocenters. The van der Waals surface area contributed by atoms with Gasteiger partial charge in [0.25, 0.3) is 0 Å². The summed E-state index contributed by atoms with van der Waals surface area (Å²) in [5.41, 5.74) is 0.850. The number of benzene rings is 1. The Morgan fingerprint density at radius 1 is 1.18 bits per heavy atom. The summed E-state index contributed by atoms with van der Waals surface area (Å²) in [6.07, 6.45) is 0.467. The van der Waals surface area contributed by atoms with E-state index in [1.165, 1.54) is 19.1 Å². The van der Waals surface area contributed by atoms with Gasteiger partial charge in [-0.15, -0.1) is 0 Å². The highest BCUT2D eigenvalue weighted by molar-refractivity contribution is 7.89. The number of allylic oxidation sites excluding steroid dienone is 2. The van der Waals surface area contributed by atoms with Gasteiger partial charge in [-0.25, -0.2) is 17.2 Å². The molecule has 0 amide bonds. The molecule has 1 heterocycles. The Kier molecular flexibility index (Phi) is 7.70. The minimum atomic E-state index is -4.77. The molecule has 2 aromatic rings. The molecular weight excluding hydrogens is 525 g/mol. The number of hydrogen-bond donors (Lipinski definition) is 1. The fourth-order valence-electron chi connectivity index (χ4n) is 5.65. The van der Waals surface area contributed by atoms with Crippen molar-refractivity contribution in [3.8, 4) is 6.07 Å². The normalized spacial score (nSPS) is 21.7. The maximum absolute atomic E-state index is 15.5. The van der Waals surface area contributed by atoms with Gasteiger partial charge >= 0.3 is 6.18 Å². The van der Waals surface area contributed by atoms with Crippen molar-refractivity contribution in [1.82, 2.24) is 9.71 Å². The summed E-state index contributed by atoms with van der Waals surface area (Å²) in [5.74, 6) is -1.54. The van der Waals surface area contributed by atoms with E-state index in [0.29, 0.717) is 24.5 Å². The zero-order valence-corrected chi connectivity index (χ0v) is 22.0. The van der Waals surface area contributed by atoms with E-state index < -0.39 is 38.8 Å². The number of hydrogen-bond acceptors (Lipinski definition) is 4. The molecule has 0 spiro atoms. The second-order valence-corrected chi connectivity index (χ2v) is 11.9. The number of fused-ring (bicyclic) bond motifs is 1. The highest BCUT2D eigenvalue weighted by atomic mass is 32.2. The lowest BCUT2D eigenvalue weighted by Gasteiger charge is -2.29. The van der Waals surface area contributed by atoms with Crippen molar-refractivity contribution in [2.24, 2.45) is 11.8 Å². The Morgan fingerprint density at radius 3 is 2.39 bits per heavy atom. The SMILES string of the molecule is Cc1c(F)cc2c(c1F)C(C#N)=C(c1ccc(S(=O)(=O)NC(C)C(F)(F)F)cn1)CC(C1CCCC1)C2C. The predicted octanol–water partition coefficient (Wildman–Crippen LogP) is 6.65. The van der Waals surface area contributed by atoms with E-state index in [1.807, 2.05) is 6.92 Å². The van der Waals surface area contributed by atoms with Crippen molar-refractivity contribution in [2.75, 3.05) is 0 Å². The summed E-state index contributed by atoms with van der Waals surface area (Å²) in [4.78, 5) is 3.72. The maximum Gasteiger partial charge on any atom is 0.404 e. The highest BCUT2D eigenvalue weighted by Gasteiger charge is 2.40. The molecule has 1 saturated carbocycles. The van der Waals surface area contributed by atoms with Crippen molar-refractivity contribution < 1.29 is 30.4 Å². The lowest BCUT2D eigenvalue weighted by atomic mass is 9.75. The van der Waals surface area contributed by atoms with Crippen LogP contribution in [0, 0.1) is 41.7 Å². The maximum atomic E-state index is 15.5. The summed E-state index contributed by atoms with van der Waals surface area (Å²) in [5, 5.41) is 10.2. The van der Waals surface area contributed by atoms with Crippen LogP contribution in [0.5, 0.6) is 0 Å². The van der Waals surface area contributed by atoms with Crippen molar-refractivity contribution in [3.63, 3.8) is 0 Å². The van der Waals surface area contributed by atoms with Crippen molar-refractivity contribution in [2.45, 2.75) is 75.9 Å². The summed E-state index contributed by atoms with van der Waals surface area (Å²) >= 11 is 0.